The summed E-state index contributed by atoms with van der Waals surface area (Å²) in [7, 11) is -3.21. The highest BCUT2D eigenvalue weighted by Gasteiger charge is 2.36. The summed E-state index contributed by atoms with van der Waals surface area (Å²) in [5.41, 5.74) is 0.841. The topological polar surface area (TPSA) is 66.9 Å². The van der Waals surface area contributed by atoms with Gasteiger partial charge >= 0.3 is 0 Å². The Morgan fingerprint density at radius 3 is 2.58 bits per heavy atom. The van der Waals surface area contributed by atoms with Crippen molar-refractivity contribution in [1.29, 1.82) is 0 Å². The van der Waals surface area contributed by atoms with E-state index in [-0.39, 0.29) is 16.8 Å². The molecule has 144 valence electrons. The number of hydrogen-bond donors (Lipinski definition) is 0. The number of carbonyl (C=O) groups excluding carboxylic acids is 1. The molecule has 0 radical (unpaired) electrons. The molecule has 0 bridgehead atoms. The highest BCUT2D eigenvalue weighted by molar-refractivity contribution is 7.90. The number of benzene rings is 1. The average molecular weight is 381 g/mol. The third-order valence-corrected chi connectivity index (χ3v) is 6.43. The van der Waals surface area contributed by atoms with Gasteiger partial charge in [-0.15, -0.1) is 0 Å². The molecule has 26 heavy (non-hydrogen) atoms. The van der Waals surface area contributed by atoms with Gasteiger partial charge in [-0.05, 0) is 24.1 Å². The van der Waals surface area contributed by atoms with Crippen LogP contribution in [0.5, 0.6) is 0 Å². The number of ether oxygens (including phenoxy) is 1. The number of nitrogens with zero attached hydrogens (tertiary/aromatic N) is 2. The van der Waals surface area contributed by atoms with E-state index in [1.807, 2.05) is 4.90 Å². The van der Waals surface area contributed by atoms with Crippen LogP contribution in [0.25, 0.3) is 0 Å². The lowest BCUT2D eigenvalue weighted by atomic mass is 10.0. The van der Waals surface area contributed by atoms with Crippen LogP contribution in [-0.2, 0) is 25.8 Å². The van der Waals surface area contributed by atoms with Gasteiger partial charge in [0.15, 0.2) is 9.84 Å². The second-order valence-corrected chi connectivity index (χ2v) is 9.32. The summed E-state index contributed by atoms with van der Waals surface area (Å²) in [5.74, 6) is 0.0920. The fourth-order valence-corrected chi connectivity index (χ4v) is 4.51. The first-order chi connectivity index (χ1) is 12.4. The largest absolute Gasteiger partial charge is 0.378 e. The standard InChI is InChI=1S/C19H28N2O4S/c1-3-4-16-13-25-14-17-12-20(9-10-21(16)17)19(22)11-15-5-7-18(8-6-15)26(2,23)24/h5-8,16-17H,3-4,9-14H2,1-2H3/t16-,17+/m0/s1. The zero-order chi connectivity index (χ0) is 18.7. The highest BCUT2D eigenvalue weighted by Crippen LogP contribution is 2.22. The molecular weight excluding hydrogens is 352 g/mol. The van der Waals surface area contributed by atoms with Crippen molar-refractivity contribution in [2.75, 3.05) is 39.1 Å². The van der Waals surface area contributed by atoms with Crippen LogP contribution in [0.4, 0.5) is 0 Å². The van der Waals surface area contributed by atoms with E-state index in [9.17, 15) is 13.2 Å². The van der Waals surface area contributed by atoms with Crippen LogP contribution in [0.1, 0.15) is 25.3 Å². The Morgan fingerprint density at radius 2 is 1.92 bits per heavy atom. The van der Waals surface area contributed by atoms with Gasteiger partial charge in [-0.1, -0.05) is 25.5 Å². The summed E-state index contributed by atoms with van der Waals surface area (Å²) in [6.07, 6.45) is 3.77. The van der Waals surface area contributed by atoms with Crippen molar-refractivity contribution >= 4 is 15.7 Å². The Balaban J connectivity index is 1.59. The molecule has 2 aliphatic heterocycles. The Labute approximate surface area is 156 Å². The number of piperazine rings is 1. The quantitative estimate of drug-likeness (QED) is 0.771. The zero-order valence-corrected chi connectivity index (χ0v) is 16.4. The molecule has 1 aromatic carbocycles. The van der Waals surface area contributed by atoms with Gasteiger partial charge in [-0.2, -0.15) is 0 Å². The second kappa shape index (κ2) is 8.06. The van der Waals surface area contributed by atoms with Crippen LogP contribution in [0, 0.1) is 0 Å². The molecule has 0 aromatic heterocycles. The molecule has 0 spiro atoms. The van der Waals surface area contributed by atoms with Gasteiger partial charge in [0.25, 0.3) is 0 Å². The summed E-state index contributed by atoms with van der Waals surface area (Å²) in [6.45, 7) is 6.03. The van der Waals surface area contributed by atoms with E-state index >= 15 is 0 Å². The smallest absolute Gasteiger partial charge is 0.227 e. The summed E-state index contributed by atoms with van der Waals surface area (Å²) < 4.78 is 28.8. The van der Waals surface area contributed by atoms with Gasteiger partial charge in [0.1, 0.15) is 0 Å². The lowest BCUT2D eigenvalue weighted by Gasteiger charge is -2.48. The molecule has 0 N–H and O–H groups in total. The number of sulfone groups is 1. The third-order valence-electron chi connectivity index (χ3n) is 5.30. The third kappa shape index (κ3) is 4.45. The molecule has 0 unspecified atom stereocenters. The van der Waals surface area contributed by atoms with Gasteiger partial charge in [-0.25, -0.2) is 8.42 Å². The summed E-state index contributed by atoms with van der Waals surface area (Å²) in [5, 5.41) is 0. The number of morpholine rings is 1. The van der Waals surface area contributed by atoms with E-state index in [1.165, 1.54) is 6.26 Å². The van der Waals surface area contributed by atoms with Crippen molar-refractivity contribution in [2.45, 2.75) is 43.2 Å². The van der Waals surface area contributed by atoms with Gasteiger partial charge in [-0.3, -0.25) is 9.69 Å². The first-order valence-electron chi connectivity index (χ1n) is 9.28. The second-order valence-electron chi connectivity index (χ2n) is 7.30. The van der Waals surface area contributed by atoms with Crippen molar-refractivity contribution in [2.24, 2.45) is 0 Å². The molecule has 7 heteroatoms. The minimum atomic E-state index is -3.21. The van der Waals surface area contributed by atoms with Gasteiger partial charge in [0.2, 0.25) is 5.91 Å². The van der Waals surface area contributed by atoms with Crippen LogP contribution in [0.15, 0.2) is 29.2 Å². The molecule has 6 nitrogen and oxygen atoms in total. The number of rotatable bonds is 5. The molecule has 2 atom stereocenters. The molecule has 1 amide bonds. The first-order valence-corrected chi connectivity index (χ1v) is 11.2. The lowest BCUT2D eigenvalue weighted by molar-refractivity contribution is -0.139. The van der Waals surface area contributed by atoms with Gasteiger partial charge < -0.3 is 9.64 Å². The predicted octanol–water partition coefficient (Wildman–Crippen LogP) is 1.34. The minimum Gasteiger partial charge on any atom is -0.378 e. The molecule has 2 saturated heterocycles. The molecule has 0 aliphatic carbocycles. The van der Waals surface area contributed by atoms with Crippen LogP contribution in [0.2, 0.25) is 0 Å². The normalized spacial score (nSPS) is 24.3. The van der Waals surface area contributed by atoms with Crippen molar-refractivity contribution in [3.63, 3.8) is 0 Å². The highest BCUT2D eigenvalue weighted by atomic mass is 32.2. The van der Waals surface area contributed by atoms with Crippen LogP contribution >= 0.6 is 0 Å². The van der Waals surface area contributed by atoms with E-state index < -0.39 is 9.84 Å². The molecule has 2 heterocycles. The van der Waals surface area contributed by atoms with Crippen LogP contribution in [-0.4, -0.2) is 75.3 Å². The summed E-state index contributed by atoms with van der Waals surface area (Å²) >= 11 is 0. The van der Waals surface area contributed by atoms with Gasteiger partial charge in [0, 0.05) is 31.9 Å². The molecule has 3 rings (SSSR count). The van der Waals surface area contributed by atoms with E-state index in [4.69, 9.17) is 4.74 Å². The number of hydrogen-bond acceptors (Lipinski definition) is 5. The van der Waals surface area contributed by atoms with E-state index in [0.29, 0.717) is 25.6 Å². The fourth-order valence-electron chi connectivity index (χ4n) is 3.88. The van der Waals surface area contributed by atoms with E-state index in [1.54, 1.807) is 24.3 Å². The maximum absolute atomic E-state index is 12.7. The Bertz CT molecular complexity index is 730. The molecule has 2 fully saturated rings. The Morgan fingerprint density at radius 1 is 1.19 bits per heavy atom. The molecule has 1 aromatic rings. The van der Waals surface area contributed by atoms with Gasteiger partial charge in [0.05, 0.1) is 30.6 Å². The van der Waals surface area contributed by atoms with E-state index in [2.05, 4.69) is 11.8 Å². The molecule has 2 aliphatic rings. The maximum Gasteiger partial charge on any atom is 0.227 e. The number of fused-ring (bicyclic) bond motifs is 1. The SMILES string of the molecule is CCC[C@H]1COC[C@H]2CN(C(=O)Cc3ccc(S(C)(=O)=O)cc3)CCN12. The first kappa shape index (κ1) is 19.3. The average Bonchev–Trinajstić information content (AvgIpc) is 2.61. The monoisotopic (exact) mass is 380 g/mol. The predicted molar refractivity (Wildman–Crippen MR) is 99.8 cm³/mol. The number of carbonyl (C=O) groups is 1. The van der Waals surface area contributed by atoms with E-state index in [0.717, 1.165) is 38.1 Å². The molecule has 0 saturated carbocycles. The minimum absolute atomic E-state index is 0.0920. The maximum atomic E-state index is 12.7. The zero-order valence-electron chi connectivity index (χ0n) is 15.6. The lowest BCUT2D eigenvalue weighted by Crippen LogP contribution is -2.62. The van der Waals surface area contributed by atoms with Crippen LogP contribution in [0.3, 0.4) is 0 Å². The fraction of sp³-hybridized carbons (Fsp3) is 0.632. The Hall–Kier alpha value is -1.44. The van der Waals surface area contributed by atoms with Crippen molar-refractivity contribution in [3.8, 4) is 0 Å². The van der Waals surface area contributed by atoms with Crippen LogP contribution < -0.4 is 0 Å². The summed E-state index contributed by atoms with van der Waals surface area (Å²) in [4.78, 5) is 17.4. The number of amides is 1. The summed E-state index contributed by atoms with van der Waals surface area (Å²) in [6, 6.07) is 7.35. The van der Waals surface area contributed by atoms with Crippen molar-refractivity contribution in [3.05, 3.63) is 29.8 Å². The van der Waals surface area contributed by atoms with Crippen molar-refractivity contribution in [1.82, 2.24) is 9.80 Å². The Kier molecular flexibility index (Phi) is 5.99. The molecular formula is C19H28N2O4S. The van der Waals surface area contributed by atoms with Crippen molar-refractivity contribution < 1.29 is 17.9 Å².